The third kappa shape index (κ3) is 3.63. The Kier molecular flexibility index (Phi) is 4.35. The number of aryl methyl sites for hydroxylation is 1. The molecule has 1 atom stereocenters. The van der Waals surface area contributed by atoms with Crippen molar-refractivity contribution in [3.05, 3.63) is 27.9 Å². The summed E-state index contributed by atoms with van der Waals surface area (Å²) in [5.74, 6) is -3.03. The number of aromatic nitrogens is 1. The highest BCUT2D eigenvalue weighted by molar-refractivity contribution is 5.84. The number of hydrogen-bond acceptors (Lipinski definition) is 6. The highest BCUT2D eigenvalue weighted by atomic mass is 16.6. The smallest absolute Gasteiger partial charge is 0.326 e. The Labute approximate surface area is 107 Å². The first-order valence-electron chi connectivity index (χ1n) is 5.14. The maximum atomic E-state index is 10.9. The fourth-order valence-corrected chi connectivity index (χ4v) is 1.43. The number of pyridine rings is 1. The highest BCUT2D eigenvalue weighted by Crippen LogP contribution is 2.26. The molecule has 9 nitrogen and oxygen atoms in total. The lowest BCUT2D eigenvalue weighted by Gasteiger charge is -2.13. The molecule has 0 fully saturated rings. The van der Waals surface area contributed by atoms with Crippen molar-refractivity contribution in [2.75, 3.05) is 5.32 Å². The van der Waals surface area contributed by atoms with Gasteiger partial charge in [0.25, 0.3) is 0 Å². The van der Waals surface area contributed by atoms with Gasteiger partial charge in [0.2, 0.25) is 5.82 Å². The molecular formula is C10H11N3O6. The summed E-state index contributed by atoms with van der Waals surface area (Å²) >= 11 is 0. The zero-order valence-corrected chi connectivity index (χ0v) is 9.86. The van der Waals surface area contributed by atoms with E-state index in [1.807, 2.05) is 0 Å². The maximum Gasteiger partial charge on any atom is 0.326 e. The molecule has 102 valence electrons. The van der Waals surface area contributed by atoms with E-state index in [4.69, 9.17) is 10.2 Å². The topological polar surface area (TPSA) is 143 Å². The normalized spacial score (nSPS) is 11.6. The first kappa shape index (κ1) is 14.4. The standard InChI is InChI=1S/C10H11N3O6/c1-5-2-3-11-9(8(5)13(18)19)12-6(10(16)17)4-7(14)15/h2-3,6H,4H2,1H3,(H,11,12)(H,14,15)(H,16,17). The Bertz CT molecular complexity index is 530. The Hall–Kier alpha value is -2.71. The van der Waals surface area contributed by atoms with Gasteiger partial charge >= 0.3 is 17.6 Å². The predicted molar refractivity (Wildman–Crippen MR) is 62.9 cm³/mol. The first-order chi connectivity index (χ1) is 8.82. The molecule has 0 amide bonds. The number of anilines is 1. The number of hydrogen-bond donors (Lipinski definition) is 3. The minimum absolute atomic E-state index is 0.265. The zero-order valence-electron chi connectivity index (χ0n) is 9.86. The number of carboxylic acids is 2. The Morgan fingerprint density at radius 1 is 1.53 bits per heavy atom. The summed E-state index contributed by atoms with van der Waals surface area (Å²) in [5.41, 5.74) is -0.0823. The quantitative estimate of drug-likeness (QED) is 0.504. The molecule has 0 aliphatic rings. The van der Waals surface area contributed by atoms with Crippen molar-refractivity contribution in [2.45, 2.75) is 19.4 Å². The van der Waals surface area contributed by atoms with Gasteiger partial charge in [0.05, 0.1) is 11.3 Å². The number of carboxylic acid groups (broad SMARTS) is 2. The van der Waals surface area contributed by atoms with Crippen LogP contribution in [-0.4, -0.2) is 38.1 Å². The molecule has 0 saturated carbocycles. The van der Waals surface area contributed by atoms with Crippen LogP contribution in [-0.2, 0) is 9.59 Å². The van der Waals surface area contributed by atoms with E-state index in [9.17, 15) is 19.7 Å². The third-order valence-corrected chi connectivity index (χ3v) is 2.30. The van der Waals surface area contributed by atoms with Crippen LogP contribution in [0.2, 0.25) is 0 Å². The summed E-state index contributed by atoms with van der Waals surface area (Å²) < 4.78 is 0. The van der Waals surface area contributed by atoms with Crippen LogP contribution < -0.4 is 5.32 Å². The van der Waals surface area contributed by atoms with Gasteiger partial charge in [-0.1, -0.05) is 0 Å². The van der Waals surface area contributed by atoms with Crippen molar-refractivity contribution in [2.24, 2.45) is 0 Å². The summed E-state index contributed by atoms with van der Waals surface area (Å²) in [6.07, 6.45) is 0.548. The third-order valence-electron chi connectivity index (χ3n) is 2.30. The van der Waals surface area contributed by atoms with Gasteiger partial charge < -0.3 is 15.5 Å². The van der Waals surface area contributed by atoms with Crippen LogP contribution in [0.25, 0.3) is 0 Å². The van der Waals surface area contributed by atoms with E-state index in [-0.39, 0.29) is 11.5 Å². The molecule has 0 spiro atoms. The van der Waals surface area contributed by atoms with E-state index in [0.717, 1.165) is 0 Å². The minimum atomic E-state index is -1.49. The van der Waals surface area contributed by atoms with Gasteiger partial charge in [-0.15, -0.1) is 0 Å². The van der Waals surface area contributed by atoms with E-state index >= 15 is 0 Å². The summed E-state index contributed by atoms with van der Waals surface area (Å²) in [4.78, 5) is 35.3. The van der Waals surface area contributed by atoms with Crippen molar-refractivity contribution in [3.63, 3.8) is 0 Å². The number of rotatable bonds is 6. The fourth-order valence-electron chi connectivity index (χ4n) is 1.43. The molecule has 0 aliphatic heterocycles. The molecule has 0 aromatic carbocycles. The molecule has 0 bridgehead atoms. The van der Waals surface area contributed by atoms with Crippen LogP contribution in [0.1, 0.15) is 12.0 Å². The molecular weight excluding hydrogens is 258 g/mol. The molecule has 1 heterocycles. The van der Waals surface area contributed by atoms with Crippen LogP contribution in [0.15, 0.2) is 12.3 Å². The van der Waals surface area contributed by atoms with Crippen LogP contribution in [0.4, 0.5) is 11.5 Å². The van der Waals surface area contributed by atoms with E-state index in [0.29, 0.717) is 5.56 Å². The van der Waals surface area contributed by atoms with Gasteiger partial charge in [0.1, 0.15) is 6.04 Å². The van der Waals surface area contributed by atoms with Gasteiger partial charge in [-0.05, 0) is 13.0 Å². The Balaban J connectivity index is 3.09. The summed E-state index contributed by atoms with van der Waals surface area (Å²) in [7, 11) is 0. The SMILES string of the molecule is Cc1ccnc(NC(CC(=O)O)C(=O)O)c1[N+](=O)[O-]. The van der Waals surface area contributed by atoms with E-state index in [1.165, 1.54) is 19.2 Å². The van der Waals surface area contributed by atoms with Crippen molar-refractivity contribution >= 4 is 23.4 Å². The molecule has 1 unspecified atom stereocenters. The molecule has 1 aromatic rings. The summed E-state index contributed by atoms with van der Waals surface area (Å²) in [5, 5.41) is 30.6. The second kappa shape index (κ2) is 5.76. The molecule has 9 heteroatoms. The zero-order chi connectivity index (χ0) is 14.6. The van der Waals surface area contributed by atoms with Gasteiger partial charge in [0.15, 0.2) is 0 Å². The van der Waals surface area contributed by atoms with Gasteiger partial charge in [-0.25, -0.2) is 9.78 Å². The molecule has 0 radical (unpaired) electrons. The summed E-state index contributed by atoms with van der Waals surface area (Å²) in [6.45, 7) is 1.47. The van der Waals surface area contributed by atoms with E-state index in [2.05, 4.69) is 10.3 Å². The van der Waals surface area contributed by atoms with E-state index in [1.54, 1.807) is 0 Å². The van der Waals surface area contributed by atoms with E-state index < -0.39 is 29.3 Å². The number of nitrogens with zero attached hydrogens (tertiary/aromatic N) is 2. The lowest BCUT2D eigenvalue weighted by molar-refractivity contribution is -0.384. The largest absolute Gasteiger partial charge is 0.481 e. The molecule has 1 rings (SSSR count). The monoisotopic (exact) mass is 269 g/mol. The van der Waals surface area contributed by atoms with Crippen molar-refractivity contribution < 1.29 is 24.7 Å². The molecule has 1 aromatic heterocycles. The molecule has 0 saturated heterocycles. The average Bonchev–Trinajstić information content (AvgIpc) is 2.26. The van der Waals surface area contributed by atoms with Gasteiger partial charge in [-0.2, -0.15) is 0 Å². The number of carbonyl (C=O) groups is 2. The minimum Gasteiger partial charge on any atom is -0.481 e. The summed E-state index contributed by atoms with van der Waals surface area (Å²) in [6, 6.07) is -0.0958. The number of aliphatic carboxylic acids is 2. The molecule has 19 heavy (non-hydrogen) atoms. The average molecular weight is 269 g/mol. The van der Waals surface area contributed by atoms with Crippen LogP contribution >= 0.6 is 0 Å². The van der Waals surface area contributed by atoms with Crippen molar-refractivity contribution in [1.29, 1.82) is 0 Å². The number of nitro groups is 1. The van der Waals surface area contributed by atoms with Gasteiger partial charge in [0, 0.05) is 11.8 Å². The van der Waals surface area contributed by atoms with Crippen molar-refractivity contribution in [1.82, 2.24) is 4.98 Å². The Morgan fingerprint density at radius 3 is 2.63 bits per heavy atom. The van der Waals surface area contributed by atoms with Crippen LogP contribution in [0.3, 0.4) is 0 Å². The maximum absolute atomic E-state index is 10.9. The van der Waals surface area contributed by atoms with Gasteiger partial charge in [-0.3, -0.25) is 14.9 Å². The van der Waals surface area contributed by atoms with Crippen LogP contribution in [0, 0.1) is 17.0 Å². The Morgan fingerprint density at radius 2 is 2.16 bits per heavy atom. The fraction of sp³-hybridized carbons (Fsp3) is 0.300. The molecule has 3 N–H and O–H groups in total. The van der Waals surface area contributed by atoms with Crippen LogP contribution in [0.5, 0.6) is 0 Å². The van der Waals surface area contributed by atoms with Crippen molar-refractivity contribution in [3.8, 4) is 0 Å². The highest BCUT2D eigenvalue weighted by Gasteiger charge is 2.26. The predicted octanol–water partition coefficient (Wildman–Crippen LogP) is 0.638. The number of nitrogens with one attached hydrogen (secondary N) is 1. The lowest BCUT2D eigenvalue weighted by atomic mass is 10.2. The second-order valence-electron chi connectivity index (χ2n) is 3.72. The second-order valence-corrected chi connectivity index (χ2v) is 3.72. The first-order valence-corrected chi connectivity index (χ1v) is 5.14. The molecule has 0 aliphatic carbocycles. The lowest BCUT2D eigenvalue weighted by Crippen LogP contribution is -2.32.